The predicted octanol–water partition coefficient (Wildman–Crippen LogP) is 2.63. The van der Waals surface area contributed by atoms with Gasteiger partial charge in [-0.25, -0.2) is 4.79 Å². The standard InChI is InChI=1S/C17H17ClF3N3O4/c1-2-27-14(25)16(17(19,20)21)22-13(11-4-3-5-12(18)10-11)28-15(23-16)24-6-8-26-9-7-24/h3-5,10H,2,6-9H2,1H3/t16-/m1/s1. The van der Waals surface area contributed by atoms with Crippen LogP contribution in [-0.2, 0) is 19.0 Å². The zero-order chi connectivity index (χ0) is 20.4. The number of morpholine rings is 1. The fourth-order valence-electron chi connectivity index (χ4n) is 2.64. The van der Waals surface area contributed by atoms with Crippen LogP contribution in [0.3, 0.4) is 0 Å². The first-order valence-electron chi connectivity index (χ1n) is 8.47. The fraction of sp³-hybridized carbons (Fsp3) is 0.471. The van der Waals surface area contributed by atoms with Crippen molar-refractivity contribution in [3.63, 3.8) is 0 Å². The van der Waals surface area contributed by atoms with Crippen LogP contribution in [0.15, 0.2) is 34.3 Å². The van der Waals surface area contributed by atoms with Gasteiger partial charge in [0.15, 0.2) is 0 Å². The molecule has 11 heteroatoms. The van der Waals surface area contributed by atoms with Gasteiger partial charge in [-0.3, -0.25) is 0 Å². The summed E-state index contributed by atoms with van der Waals surface area (Å²) in [4.78, 5) is 20.9. The highest BCUT2D eigenvalue weighted by Gasteiger charge is 2.65. The topological polar surface area (TPSA) is 72.7 Å². The van der Waals surface area contributed by atoms with Crippen molar-refractivity contribution in [3.8, 4) is 0 Å². The maximum absolute atomic E-state index is 14.0. The van der Waals surface area contributed by atoms with Crippen molar-refractivity contribution >= 4 is 29.5 Å². The minimum absolute atomic E-state index is 0.172. The van der Waals surface area contributed by atoms with Crippen molar-refractivity contribution in [2.75, 3.05) is 32.9 Å². The monoisotopic (exact) mass is 419 g/mol. The molecule has 1 aromatic rings. The number of hydrogen-bond donors (Lipinski definition) is 0. The summed E-state index contributed by atoms with van der Waals surface area (Å²) >= 11 is 5.94. The zero-order valence-electron chi connectivity index (χ0n) is 14.8. The van der Waals surface area contributed by atoms with E-state index < -0.39 is 23.7 Å². The lowest BCUT2D eigenvalue weighted by molar-refractivity contribution is -0.204. The molecule has 0 radical (unpaired) electrons. The van der Waals surface area contributed by atoms with Crippen molar-refractivity contribution in [1.29, 1.82) is 0 Å². The SMILES string of the molecule is CCOC(=O)[C@@]1(C(F)(F)F)N=C(c2cccc(Cl)c2)OC(N2CCOCC2)=N1. The van der Waals surface area contributed by atoms with E-state index in [-0.39, 0.29) is 49.5 Å². The fourth-order valence-corrected chi connectivity index (χ4v) is 2.83. The molecule has 1 aromatic carbocycles. The van der Waals surface area contributed by atoms with E-state index >= 15 is 0 Å². The first kappa shape index (κ1) is 20.4. The van der Waals surface area contributed by atoms with Crippen LogP contribution < -0.4 is 0 Å². The molecule has 0 unspecified atom stereocenters. The summed E-state index contributed by atoms with van der Waals surface area (Å²) in [5.41, 5.74) is -3.29. The first-order chi connectivity index (χ1) is 13.3. The third kappa shape index (κ3) is 3.93. The van der Waals surface area contributed by atoms with Gasteiger partial charge in [0, 0.05) is 23.7 Å². The first-order valence-corrected chi connectivity index (χ1v) is 8.85. The molecule has 0 aromatic heterocycles. The van der Waals surface area contributed by atoms with Gasteiger partial charge in [-0.2, -0.15) is 23.2 Å². The van der Waals surface area contributed by atoms with Gasteiger partial charge in [-0.05, 0) is 25.1 Å². The number of carbonyl (C=O) groups is 1. The number of amidine groups is 1. The van der Waals surface area contributed by atoms with Crippen LogP contribution in [0.2, 0.25) is 5.02 Å². The molecule has 0 amide bonds. The molecule has 1 saturated heterocycles. The van der Waals surface area contributed by atoms with Gasteiger partial charge in [0.05, 0.1) is 19.8 Å². The van der Waals surface area contributed by atoms with Gasteiger partial charge in [0.2, 0.25) is 5.90 Å². The smallest absolute Gasteiger partial charge is 0.446 e. The Morgan fingerprint density at radius 3 is 2.64 bits per heavy atom. The maximum atomic E-state index is 14.0. The van der Waals surface area contributed by atoms with Crippen molar-refractivity contribution in [2.45, 2.75) is 18.8 Å². The van der Waals surface area contributed by atoms with Crippen LogP contribution in [0.25, 0.3) is 0 Å². The molecule has 28 heavy (non-hydrogen) atoms. The van der Waals surface area contributed by atoms with Crippen LogP contribution in [0.4, 0.5) is 13.2 Å². The Hall–Kier alpha value is -2.33. The molecular formula is C17H17ClF3N3O4. The van der Waals surface area contributed by atoms with Crippen molar-refractivity contribution < 1.29 is 32.2 Å². The Kier molecular flexibility index (Phi) is 5.80. The highest BCUT2D eigenvalue weighted by molar-refractivity contribution is 6.31. The van der Waals surface area contributed by atoms with Crippen LogP contribution >= 0.6 is 11.6 Å². The number of hydrogen-bond acceptors (Lipinski definition) is 7. The zero-order valence-corrected chi connectivity index (χ0v) is 15.6. The molecule has 2 aliphatic heterocycles. The lowest BCUT2D eigenvalue weighted by Crippen LogP contribution is -2.56. The molecule has 0 aliphatic carbocycles. The Morgan fingerprint density at radius 2 is 2.04 bits per heavy atom. The molecule has 152 valence electrons. The van der Waals surface area contributed by atoms with Gasteiger partial charge < -0.3 is 19.1 Å². The Labute approximate surface area is 163 Å². The summed E-state index contributed by atoms with van der Waals surface area (Å²) < 4.78 is 57.5. The Bertz CT molecular complexity index is 809. The van der Waals surface area contributed by atoms with Crippen LogP contribution in [0.1, 0.15) is 12.5 Å². The number of carbonyl (C=O) groups excluding carboxylic acids is 1. The molecule has 1 atom stereocenters. The summed E-state index contributed by atoms with van der Waals surface area (Å²) in [5, 5.41) is 0.271. The van der Waals surface area contributed by atoms with Crippen LogP contribution in [0.5, 0.6) is 0 Å². The number of rotatable bonds is 3. The number of benzene rings is 1. The van der Waals surface area contributed by atoms with E-state index in [1.165, 1.54) is 30.0 Å². The van der Waals surface area contributed by atoms with Gasteiger partial charge in [-0.15, -0.1) is 0 Å². The quantitative estimate of drug-likeness (QED) is 0.704. The summed E-state index contributed by atoms with van der Waals surface area (Å²) in [6.07, 6.45) is -5.15. The van der Waals surface area contributed by atoms with E-state index in [0.29, 0.717) is 0 Å². The second kappa shape index (κ2) is 7.96. The van der Waals surface area contributed by atoms with Gasteiger partial charge in [0.25, 0.3) is 6.02 Å². The van der Waals surface area contributed by atoms with Gasteiger partial charge in [0.1, 0.15) is 0 Å². The lowest BCUT2D eigenvalue weighted by atomic mass is 10.1. The number of halogens is 4. The number of ether oxygens (including phenoxy) is 3. The van der Waals surface area contributed by atoms with Crippen LogP contribution in [-0.4, -0.2) is 67.5 Å². The molecule has 2 heterocycles. The molecule has 2 aliphatic rings. The Balaban J connectivity index is 2.14. The van der Waals surface area contributed by atoms with Crippen molar-refractivity contribution in [3.05, 3.63) is 34.9 Å². The minimum Gasteiger partial charge on any atom is -0.462 e. The third-order valence-corrected chi connectivity index (χ3v) is 4.25. The number of esters is 1. The minimum atomic E-state index is -5.15. The third-order valence-electron chi connectivity index (χ3n) is 4.02. The molecule has 3 rings (SSSR count). The Morgan fingerprint density at radius 1 is 1.32 bits per heavy atom. The predicted molar refractivity (Wildman–Crippen MR) is 94.3 cm³/mol. The normalized spacial score (nSPS) is 22.8. The molecule has 1 fully saturated rings. The molecule has 7 nitrogen and oxygen atoms in total. The number of nitrogens with zero attached hydrogens (tertiary/aromatic N) is 3. The average molecular weight is 420 g/mol. The summed E-state index contributed by atoms with van der Waals surface area (Å²) in [7, 11) is 0. The van der Waals surface area contributed by atoms with Crippen molar-refractivity contribution in [2.24, 2.45) is 9.98 Å². The van der Waals surface area contributed by atoms with E-state index in [1.54, 1.807) is 6.07 Å². The molecule has 0 saturated carbocycles. The molecule has 0 bridgehead atoms. The highest BCUT2D eigenvalue weighted by atomic mass is 35.5. The van der Waals surface area contributed by atoms with E-state index in [9.17, 15) is 18.0 Å². The maximum Gasteiger partial charge on any atom is 0.446 e. The molecule has 0 N–H and O–H groups in total. The van der Waals surface area contributed by atoms with E-state index in [4.69, 9.17) is 21.1 Å². The summed E-state index contributed by atoms with van der Waals surface area (Å²) in [6.45, 7) is 2.20. The average Bonchev–Trinajstić information content (AvgIpc) is 2.67. The second-order valence-electron chi connectivity index (χ2n) is 5.91. The molecular weight excluding hydrogens is 403 g/mol. The lowest BCUT2D eigenvalue weighted by Gasteiger charge is -2.35. The van der Waals surface area contributed by atoms with Crippen LogP contribution in [0, 0.1) is 0 Å². The summed E-state index contributed by atoms with van der Waals surface area (Å²) in [6, 6.07) is 5.56. The second-order valence-corrected chi connectivity index (χ2v) is 6.35. The summed E-state index contributed by atoms with van der Waals surface area (Å²) in [5.74, 6) is -2.06. The number of alkyl halides is 3. The van der Waals surface area contributed by atoms with Gasteiger partial charge >= 0.3 is 17.8 Å². The van der Waals surface area contributed by atoms with E-state index in [2.05, 4.69) is 14.7 Å². The van der Waals surface area contributed by atoms with E-state index in [0.717, 1.165) is 0 Å². The number of aliphatic imine (C=N–C) groups is 2. The highest BCUT2D eigenvalue weighted by Crippen LogP contribution is 2.39. The van der Waals surface area contributed by atoms with Crippen molar-refractivity contribution in [1.82, 2.24) is 4.90 Å². The van der Waals surface area contributed by atoms with Gasteiger partial charge in [-0.1, -0.05) is 17.7 Å². The van der Waals surface area contributed by atoms with E-state index in [1.807, 2.05) is 0 Å². The molecule has 0 spiro atoms. The largest absolute Gasteiger partial charge is 0.462 e.